The Bertz CT molecular complexity index is 1250. The van der Waals surface area contributed by atoms with Gasteiger partial charge in [0.05, 0.1) is 36.0 Å². The predicted molar refractivity (Wildman–Crippen MR) is 131 cm³/mol. The molecule has 1 aliphatic rings. The average molecular weight is 503 g/mol. The standard InChI is InChI=1S/C24H24Cl2N4O4/c1-34-17-5-2-15(3-6-17)13-30(10-11-31)24-27-21-14-29(9-8-18(21)22(32)28-24)23(33)16-4-7-19(25)20(26)12-16/h2-7,12,31H,8-11,13-14H2,1H3,(H,27,28,32). The third kappa shape index (κ3) is 5.19. The molecule has 34 heavy (non-hydrogen) atoms. The van der Waals surface area contributed by atoms with E-state index in [9.17, 15) is 14.7 Å². The highest BCUT2D eigenvalue weighted by atomic mass is 35.5. The van der Waals surface area contributed by atoms with E-state index in [0.29, 0.717) is 52.3 Å². The maximum atomic E-state index is 13.0. The fraction of sp³-hybridized carbons (Fsp3) is 0.292. The third-order valence-corrected chi connectivity index (χ3v) is 6.46. The number of benzene rings is 2. The number of aliphatic hydroxyl groups is 1. The Morgan fingerprint density at radius 1 is 1.21 bits per heavy atom. The quantitative estimate of drug-likeness (QED) is 0.514. The fourth-order valence-electron chi connectivity index (χ4n) is 3.89. The summed E-state index contributed by atoms with van der Waals surface area (Å²) >= 11 is 12.0. The number of rotatable bonds is 7. The molecule has 10 heteroatoms. The van der Waals surface area contributed by atoms with Crippen LogP contribution < -0.4 is 15.2 Å². The molecule has 0 saturated heterocycles. The normalized spacial score (nSPS) is 12.9. The van der Waals surface area contributed by atoms with Crippen molar-refractivity contribution in [3.8, 4) is 5.75 Å². The second kappa shape index (κ2) is 10.5. The summed E-state index contributed by atoms with van der Waals surface area (Å²) in [7, 11) is 1.60. The average Bonchev–Trinajstić information content (AvgIpc) is 2.85. The minimum absolute atomic E-state index is 0.112. The third-order valence-electron chi connectivity index (χ3n) is 5.72. The molecule has 8 nitrogen and oxygen atoms in total. The van der Waals surface area contributed by atoms with Gasteiger partial charge >= 0.3 is 0 Å². The van der Waals surface area contributed by atoms with Crippen LogP contribution in [0.1, 0.15) is 27.2 Å². The Labute approximate surface area is 206 Å². The number of aromatic nitrogens is 2. The summed E-state index contributed by atoms with van der Waals surface area (Å²) in [5, 5.41) is 10.3. The highest BCUT2D eigenvalue weighted by molar-refractivity contribution is 6.42. The molecule has 0 aliphatic carbocycles. The Balaban J connectivity index is 1.59. The zero-order valence-electron chi connectivity index (χ0n) is 18.6. The Morgan fingerprint density at radius 2 is 1.97 bits per heavy atom. The Hall–Kier alpha value is -3.07. The lowest BCUT2D eigenvalue weighted by atomic mass is 10.1. The van der Waals surface area contributed by atoms with Gasteiger partial charge in [0.1, 0.15) is 5.75 Å². The van der Waals surface area contributed by atoms with E-state index in [0.717, 1.165) is 11.3 Å². The molecule has 0 atom stereocenters. The summed E-state index contributed by atoms with van der Waals surface area (Å²) in [5.74, 6) is 0.875. The molecule has 4 rings (SSSR count). The van der Waals surface area contributed by atoms with Crippen molar-refractivity contribution >= 4 is 35.1 Å². The first-order chi connectivity index (χ1) is 16.4. The lowest BCUT2D eigenvalue weighted by Gasteiger charge is -2.29. The summed E-state index contributed by atoms with van der Waals surface area (Å²) in [6, 6.07) is 12.3. The minimum Gasteiger partial charge on any atom is -0.497 e. The highest BCUT2D eigenvalue weighted by Gasteiger charge is 2.26. The summed E-state index contributed by atoms with van der Waals surface area (Å²) in [6.45, 7) is 1.18. The Morgan fingerprint density at radius 3 is 2.65 bits per heavy atom. The molecule has 0 saturated carbocycles. The number of carbonyl (C=O) groups is 1. The molecule has 0 fully saturated rings. The van der Waals surface area contributed by atoms with Crippen LogP contribution in [0, 0.1) is 0 Å². The van der Waals surface area contributed by atoms with Crippen LogP contribution in [0.5, 0.6) is 5.75 Å². The lowest BCUT2D eigenvalue weighted by Crippen LogP contribution is -2.40. The number of methoxy groups -OCH3 is 1. The van der Waals surface area contributed by atoms with Crippen molar-refractivity contribution in [2.45, 2.75) is 19.5 Å². The molecule has 2 heterocycles. The summed E-state index contributed by atoms with van der Waals surface area (Å²) < 4.78 is 5.20. The summed E-state index contributed by atoms with van der Waals surface area (Å²) in [4.78, 5) is 36.8. The molecular weight excluding hydrogens is 479 g/mol. The highest BCUT2D eigenvalue weighted by Crippen LogP contribution is 2.25. The second-order valence-corrected chi connectivity index (χ2v) is 8.73. The van der Waals surface area contributed by atoms with Gasteiger partial charge in [-0.3, -0.25) is 14.6 Å². The number of nitrogens with one attached hydrogen (secondary N) is 1. The molecule has 0 spiro atoms. The number of aromatic amines is 1. The van der Waals surface area contributed by atoms with Crippen LogP contribution in [0.4, 0.5) is 5.95 Å². The number of hydrogen-bond acceptors (Lipinski definition) is 6. The molecule has 2 aromatic carbocycles. The zero-order chi connectivity index (χ0) is 24.2. The van der Waals surface area contributed by atoms with Crippen molar-refractivity contribution in [1.29, 1.82) is 0 Å². The Kier molecular flexibility index (Phi) is 7.41. The van der Waals surface area contributed by atoms with E-state index in [1.54, 1.807) is 29.0 Å². The van der Waals surface area contributed by atoms with E-state index in [4.69, 9.17) is 27.9 Å². The SMILES string of the molecule is COc1ccc(CN(CCO)c2nc3c(c(=O)[nH]2)CCN(C(=O)c2ccc(Cl)c(Cl)c2)C3)cc1. The maximum absolute atomic E-state index is 13.0. The van der Waals surface area contributed by atoms with Crippen LogP contribution in [0.3, 0.4) is 0 Å². The van der Waals surface area contributed by atoms with Crippen molar-refractivity contribution in [2.75, 3.05) is 31.7 Å². The molecule has 1 aromatic heterocycles. The first-order valence-electron chi connectivity index (χ1n) is 10.7. The largest absolute Gasteiger partial charge is 0.497 e. The predicted octanol–water partition coefficient (Wildman–Crippen LogP) is 3.28. The van der Waals surface area contributed by atoms with Gasteiger partial charge in [-0.15, -0.1) is 0 Å². The van der Waals surface area contributed by atoms with Crippen LogP contribution in [0.15, 0.2) is 47.3 Å². The van der Waals surface area contributed by atoms with E-state index in [2.05, 4.69) is 9.97 Å². The number of ether oxygens (including phenoxy) is 1. The summed E-state index contributed by atoms with van der Waals surface area (Å²) in [5.41, 5.74) is 2.25. The van der Waals surface area contributed by atoms with Gasteiger partial charge in [0, 0.05) is 30.8 Å². The number of halogens is 2. The number of nitrogens with zero attached hydrogens (tertiary/aromatic N) is 3. The number of carbonyl (C=O) groups excluding carboxylic acids is 1. The van der Waals surface area contributed by atoms with Crippen molar-refractivity contribution < 1.29 is 14.6 Å². The molecule has 3 aromatic rings. The minimum atomic E-state index is -0.237. The topological polar surface area (TPSA) is 98.8 Å². The number of hydrogen-bond donors (Lipinski definition) is 2. The van der Waals surface area contributed by atoms with Crippen LogP contribution in [-0.2, 0) is 19.5 Å². The van der Waals surface area contributed by atoms with Crippen LogP contribution in [-0.4, -0.2) is 52.7 Å². The van der Waals surface area contributed by atoms with Crippen molar-refractivity contribution in [3.63, 3.8) is 0 Å². The molecule has 0 unspecified atom stereocenters. The smallest absolute Gasteiger partial charge is 0.255 e. The van der Waals surface area contributed by atoms with Gasteiger partial charge in [-0.2, -0.15) is 0 Å². The number of anilines is 1. The van der Waals surface area contributed by atoms with Crippen molar-refractivity contribution in [3.05, 3.63) is 85.2 Å². The van der Waals surface area contributed by atoms with E-state index >= 15 is 0 Å². The van der Waals surface area contributed by atoms with Gasteiger partial charge in [-0.25, -0.2) is 4.98 Å². The number of aliphatic hydroxyl groups excluding tert-OH is 1. The second-order valence-electron chi connectivity index (χ2n) is 7.91. The van der Waals surface area contributed by atoms with Crippen LogP contribution in [0.2, 0.25) is 10.0 Å². The van der Waals surface area contributed by atoms with Gasteiger partial charge < -0.3 is 19.6 Å². The maximum Gasteiger partial charge on any atom is 0.255 e. The first-order valence-corrected chi connectivity index (χ1v) is 11.5. The fourth-order valence-corrected chi connectivity index (χ4v) is 4.19. The first kappa shape index (κ1) is 24.1. The number of H-pyrrole nitrogens is 1. The van der Waals surface area contributed by atoms with Gasteiger partial charge in [0.25, 0.3) is 11.5 Å². The summed E-state index contributed by atoms with van der Waals surface area (Å²) in [6.07, 6.45) is 0.392. The van der Waals surface area contributed by atoms with E-state index < -0.39 is 0 Å². The van der Waals surface area contributed by atoms with Crippen LogP contribution in [0.25, 0.3) is 0 Å². The van der Waals surface area contributed by atoms with E-state index in [1.165, 1.54) is 6.07 Å². The van der Waals surface area contributed by atoms with Crippen LogP contribution >= 0.6 is 23.2 Å². The lowest BCUT2D eigenvalue weighted by molar-refractivity contribution is 0.0731. The molecular formula is C24H24Cl2N4O4. The number of amides is 1. The molecule has 178 valence electrons. The zero-order valence-corrected chi connectivity index (χ0v) is 20.1. The van der Waals surface area contributed by atoms with Crippen molar-refractivity contribution in [2.24, 2.45) is 0 Å². The molecule has 1 amide bonds. The molecule has 0 bridgehead atoms. The van der Waals surface area contributed by atoms with Gasteiger partial charge in [0.15, 0.2) is 0 Å². The number of fused-ring (bicyclic) bond motifs is 1. The van der Waals surface area contributed by atoms with E-state index in [1.807, 2.05) is 24.3 Å². The van der Waals surface area contributed by atoms with Gasteiger partial charge in [-0.1, -0.05) is 35.3 Å². The van der Waals surface area contributed by atoms with E-state index in [-0.39, 0.29) is 31.2 Å². The van der Waals surface area contributed by atoms with Crippen molar-refractivity contribution in [1.82, 2.24) is 14.9 Å². The van der Waals surface area contributed by atoms with Gasteiger partial charge in [-0.05, 0) is 42.3 Å². The molecule has 1 aliphatic heterocycles. The molecule has 2 N–H and O–H groups in total. The molecule has 0 radical (unpaired) electrons. The van der Waals surface area contributed by atoms with Gasteiger partial charge in [0.2, 0.25) is 5.95 Å². The monoisotopic (exact) mass is 502 g/mol.